The van der Waals surface area contributed by atoms with Gasteiger partial charge in [-0.1, -0.05) is 24.4 Å². The molecule has 1 aromatic rings. The van der Waals surface area contributed by atoms with Crippen molar-refractivity contribution in [2.24, 2.45) is 5.92 Å². The van der Waals surface area contributed by atoms with Gasteiger partial charge in [0.1, 0.15) is 5.82 Å². The highest BCUT2D eigenvalue weighted by molar-refractivity contribution is 6.30. The Bertz CT molecular complexity index is 499. The van der Waals surface area contributed by atoms with E-state index in [1.54, 1.807) is 6.07 Å². The maximum absolute atomic E-state index is 13.8. The van der Waals surface area contributed by atoms with Crippen molar-refractivity contribution >= 4 is 11.6 Å². The van der Waals surface area contributed by atoms with Gasteiger partial charge in [-0.25, -0.2) is 4.39 Å². The van der Waals surface area contributed by atoms with E-state index in [9.17, 15) is 9.50 Å². The van der Waals surface area contributed by atoms with Gasteiger partial charge < -0.3 is 5.11 Å². The predicted octanol–water partition coefficient (Wildman–Crippen LogP) is 3.86. The Morgan fingerprint density at radius 2 is 2.26 bits per heavy atom. The SMILES string of the molecule is N#CCC1CCCCC1(O)Cc1cc(Cl)ccc1F. The molecule has 0 aliphatic heterocycles. The molecule has 0 heterocycles. The number of nitriles is 1. The third kappa shape index (κ3) is 3.26. The van der Waals surface area contributed by atoms with Crippen LogP contribution in [0, 0.1) is 23.1 Å². The van der Waals surface area contributed by atoms with Crippen molar-refractivity contribution in [3.05, 3.63) is 34.6 Å². The first-order valence-electron chi connectivity index (χ1n) is 6.58. The molecule has 0 radical (unpaired) electrons. The van der Waals surface area contributed by atoms with Gasteiger partial charge in [-0.15, -0.1) is 0 Å². The van der Waals surface area contributed by atoms with Crippen LogP contribution in [0.2, 0.25) is 5.02 Å². The highest BCUT2D eigenvalue weighted by Gasteiger charge is 2.39. The quantitative estimate of drug-likeness (QED) is 0.914. The van der Waals surface area contributed by atoms with Crippen LogP contribution in [0.4, 0.5) is 4.39 Å². The molecule has 19 heavy (non-hydrogen) atoms. The first kappa shape index (κ1) is 14.3. The molecule has 1 aliphatic rings. The molecular formula is C15H17ClFNO. The molecule has 2 rings (SSSR count). The Hall–Kier alpha value is -1.11. The zero-order valence-electron chi connectivity index (χ0n) is 10.7. The van der Waals surface area contributed by atoms with E-state index in [-0.39, 0.29) is 18.2 Å². The third-order valence-electron chi connectivity index (χ3n) is 4.01. The number of aliphatic hydroxyl groups is 1. The van der Waals surface area contributed by atoms with Gasteiger partial charge in [0.15, 0.2) is 0 Å². The second kappa shape index (κ2) is 5.90. The molecule has 2 nitrogen and oxygen atoms in total. The standard InChI is InChI=1S/C15H17ClFNO/c16-13-4-5-14(17)11(9-13)10-15(19)7-2-1-3-12(15)6-8-18/h4-5,9,12,19H,1-3,6-7,10H2. The van der Waals surface area contributed by atoms with Crippen molar-refractivity contribution in [3.8, 4) is 6.07 Å². The van der Waals surface area contributed by atoms with Crippen LogP contribution in [0.15, 0.2) is 18.2 Å². The molecule has 4 heteroatoms. The van der Waals surface area contributed by atoms with E-state index in [0.29, 0.717) is 23.4 Å². The molecule has 0 spiro atoms. The summed E-state index contributed by atoms with van der Waals surface area (Å²) in [6.45, 7) is 0. The molecular weight excluding hydrogens is 265 g/mol. The first-order valence-corrected chi connectivity index (χ1v) is 6.96. The highest BCUT2D eigenvalue weighted by Crippen LogP contribution is 2.38. The lowest BCUT2D eigenvalue weighted by atomic mass is 9.71. The fourth-order valence-electron chi connectivity index (χ4n) is 2.94. The lowest BCUT2D eigenvalue weighted by molar-refractivity contribution is -0.0465. The summed E-state index contributed by atoms with van der Waals surface area (Å²) in [7, 11) is 0. The average Bonchev–Trinajstić information content (AvgIpc) is 2.37. The van der Waals surface area contributed by atoms with Crippen molar-refractivity contribution in [3.63, 3.8) is 0 Å². The Morgan fingerprint density at radius 3 is 3.00 bits per heavy atom. The van der Waals surface area contributed by atoms with E-state index in [0.717, 1.165) is 19.3 Å². The van der Waals surface area contributed by atoms with Crippen molar-refractivity contribution in [2.75, 3.05) is 0 Å². The van der Waals surface area contributed by atoms with Gasteiger partial charge in [-0.05, 0) is 36.6 Å². The van der Waals surface area contributed by atoms with Crippen LogP contribution in [0.25, 0.3) is 0 Å². The van der Waals surface area contributed by atoms with Crippen molar-refractivity contribution < 1.29 is 9.50 Å². The van der Waals surface area contributed by atoms with Gasteiger partial charge in [0.05, 0.1) is 11.7 Å². The van der Waals surface area contributed by atoms with Gasteiger partial charge >= 0.3 is 0 Å². The number of rotatable bonds is 3. The summed E-state index contributed by atoms with van der Waals surface area (Å²) in [5, 5.41) is 20.1. The van der Waals surface area contributed by atoms with E-state index >= 15 is 0 Å². The average molecular weight is 282 g/mol. The molecule has 1 aromatic carbocycles. The van der Waals surface area contributed by atoms with E-state index in [1.807, 2.05) is 0 Å². The first-order chi connectivity index (χ1) is 9.05. The maximum atomic E-state index is 13.8. The lowest BCUT2D eigenvalue weighted by Crippen LogP contribution is -2.42. The van der Waals surface area contributed by atoms with Gasteiger partial charge in [0.2, 0.25) is 0 Å². The highest BCUT2D eigenvalue weighted by atomic mass is 35.5. The molecule has 102 valence electrons. The van der Waals surface area contributed by atoms with Crippen LogP contribution in [0.3, 0.4) is 0 Å². The minimum atomic E-state index is -0.987. The van der Waals surface area contributed by atoms with Crippen LogP contribution in [-0.2, 0) is 6.42 Å². The maximum Gasteiger partial charge on any atom is 0.126 e. The molecule has 1 N–H and O–H groups in total. The van der Waals surface area contributed by atoms with Crippen LogP contribution < -0.4 is 0 Å². The van der Waals surface area contributed by atoms with Gasteiger partial charge in [0, 0.05) is 23.8 Å². The van der Waals surface area contributed by atoms with Crippen LogP contribution in [-0.4, -0.2) is 10.7 Å². The number of hydrogen-bond acceptors (Lipinski definition) is 2. The lowest BCUT2D eigenvalue weighted by Gasteiger charge is -2.39. The Kier molecular flexibility index (Phi) is 4.44. The second-order valence-corrected chi connectivity index (χ2v) is 5.76. The van der Waals surface area contributed by atoms with E-state index in [2.05, 4.69) is 6.07 Å². The molecule has 2 atom stereocenters. The molecule has 1 aliphatic carbocycles. The molecule has 1 fully saturated rings. The van der Waals surface area contributed by atoms with Crippen molar-refractivity contribution in [2.45, 2.75) is 44.1 Å². The van der Waals surface area contributed by atoms with Crippen molar-refractivity contribution in [1.29, 1.82) is 5.26 Å². The third-order valence-corrected chi connectivity index (χ3v) is 4.25. The Morgan fingerprint density at radius 1 is 1.47 bits per heavy atom. The number of nitrogens with zero attached hydrogens (tertiary/aromatic N) is 1. The number of benzene rings is 1. The topological polar surface area (TPSA) is 44.0 Å². The summed E-state index contributed by atoms with van der Waals surface area (Å²) in [6, 6.07) is 6.51. The summed E-state index contributed by atoms with van der Waals surface area (Å²) in [5.74, 6) is -0.427. The zero-order valence-corrected chi connectivity index (χ0v) is 11.5. The molecule has 0 saturated heterocycles. The van der Waals surface area contributed by atoms with Crippen LogP contribution >= 0.6 is 11.6 Å². The second-order valence-electron chi connectivity index (χ2n) is 5.32. The molecule has 0 aromatic heterocycles. The summed E-state index contributed by atoms with van der Waals surface area (Å²) in [4.78, 5) is 0. The molecule has 0 amide bonds. The van der Waals surface area contributed by atoms with Gasteiger partial charge in [-0.2, -0.15) is 5.26 Å². The van der Waals surface area contributed by atoms with Crippen molar-refractivity contribution in [1.82, 2.24) is 0 Å². The van der Waals surface area contributed by atoms with Crippen LogP contribution in [0.1, 0.15) is 37.7 Å². The monoisotopic (exact) mass is 281 g/mol. The predicted molar refractivity (Wildman–Crippen MR) is 72.3 cm³/mol. The van der Waals surface area contributed by atoms with E-state index in [1.165, 1.54) is 12.1 Å². The minimum absolute atomic E-state index is 0.0790. The van der Waals surface area contributed by atoms with Gasteiger partial charge in [0.25, 0.3) is 0 Å². The van der Waals surface area contributed by atoms with Crippen LogP contribution in [0.5, 0.6) is 0 Å². The summed E-state index contributed by atoms with van der Waals surface area (Å²) < 4.78 is 13.8. The fraction of sp³-hybridized carbons (Fsp3) is 0.533. The smallest absolute Gasteiger partial charge is 0.126 e. The Balaban J connectivity index is 2.23. The largest absolute Gasteiger partial charge is 0.389 e. The summed E-state index contributed by atoms with van der Waals surface area (Å²) >= 11 is 5.88. The minimum Gasteiger partial charge on any atom is -0.389 e. The number of hydrogen-bond donors (Lipinski definition) is 1. The number of halogens is 2. The summed E-state index contributed by atoms with van der Waals surface area (Å²) in [5.41, 5.74) is -0.556. The fourth-order valence-corrected chi connectivity index (χ4v) is 3.13. The van der Waals surface area contributed by atoms with E-state index in [4.69, 9.17) is 16.9 Å². The zero-order chi connectivity index (χ0) is 13.9. The van der Waals surface area contributed by atoms with Gasteiger partial charge in [-0.3, -0.25) is 0 Å². The molecule has 1 saturated carbocycles. The van der Waals surface area contributed by atoms with E-state index < -0.39 is 5.60 Å². The molecule has 0 bridgehead atoms. The normalized spacial score (nSPS) is 26.9. The summed E-state index contributed by atoms with van der Waals surface area (Å²) in [6.07, 6.45) is 3.93. The Labute approximate surface area is 117 Å². The molecule has 2 unspecified atom stereocenters.